The van der Waals surface area contributed by atoms with E-state index in [9.17, 15) is 14.9 Å². The van der Waals surface area contributed by atoms with Gasteiger partial charge in [0.1, 0.15) is 11.9 Å². The van der Waals surface area contributed by atoms with Gasteiger partial charge in [-0.1, -0.05) is 6.07 Å². The Morgan fingerprint density at radius 1 is 1.38 bits per heavy atom. The average molecular weight is 295 g/mol. The minimum absolute atomic E-state index is 0.00463. The lowest BCUT2D eigenvalue weighted by molar-refractivity contribution is -0.385. The van der Waals surface area contributed by atoms with Crippen LogP contribution in [0.1, 0.15) is 12.0 Å². The third-order valence-corrected chi connectivity index (χ3v) is 3.37. The second-order valence-corrected chi connectivity index (χ2v) is 4.77. The van der Waals surface area contributed by atoms with E-state index in [0.717, 1.165) is 0 Å². The van der Waals surface area contributed by atoms with Gasteiger partial charge in [0.05, 0.1) is 23.7 Å². The molecule has 21 heavy (non-hydrogen) atoms. The fraction of sp³-hybridized carbons (Fsp3) is 0.500. The summed E-state index contributed by atoms with van der Waals surface area (Å²) in [5.41, 5.74) is 0.437. The van der Waals surface area contributed by atoms with Gasteiger partial charge in [-0.2, -0.15) is 0 Å². The van der Waals surface area contributed by atoms with Crippen LogP contribution >= 0.6 is 0 Å². The van der Waals surface area contributed by atoms with E-state index in [1.165, 1.54) is 6.07 Å². The zero-order valence-corrected chi connectivity index (χ0v) is 11.9. The number of nitrogens with zero attached hydrogens (tertiary/aromatic N) is 1. The highest BCUT2D eigenvalue weighted by Gasteiger charge is 2.43. The summed E-state index contributed by atoms with van der Waals surface area (Å²) in [4.78, 5) is 22.0. The van der Waals surface area contributed by atoms with Gasteiger partial charge in [0.15, 0.2) is 11.9 Å². The van der Waals surface area contributed by atoms with Gasteiger partial charge in [-0.15, -0.1) is 0 Å². The van der Waals surface area contributed by atoms with Crippen LogP contribution in [-0.4, -0.2) is 43.2 Å². The number of hydrogen-bond acceptors (Lipinski definition) is 6. The summed E-state index contributed by atoms with van der Waals surface area (Å²) >= 11 is 0. The molecule has 1 aromatic rings. The normalized spacial score (nSPS) is 21.0. The Labute approximate surface area is 122 Å². The second kappa shape index (κ2) is 6.64. The lowest BCUT2D eigenvalue weighted by Gasteiger charge is -2.34. The first-order valence-electron chi connectivity index (χ1n) is 6.58. The molecule has 2 rings (SSSR count). The van der Waals surface area contributed by atoms with Crippen molar-refractivity contribution in [3.8, 4) is 5.75 Å². The van der Waals surface area contributed by atoms with Crippen LogP contribution in [0.15, 0.2) is 18.2 Å². The first-order valence-corrected chi connectivity index (χ1v) is 6.58. The highest BCUT2D eigenvalue weighted by Crippen LogP contribution is 2.31. The number of ether oxygens (including phenoxy) is 3. The lowest BCUT2D eigenvalue weighted by Crippen LogP contribution is -2.52. The zero-order chi connectivity index (χ0) is 15.4. The van der Waals surface area contributed by atoms with Crippen molar-refractivity contribution in [2.45, 2.75) is 25.6 Å². The van der Waals surface area contributed by atoms with E-state index in [1.807, 2.05) is 0 Å². The minimum Gasteiger partial charge on any atom is -0.486 e. The Bertz CT molecular complexity index is 544. The van der Waals surface area contributed by atoms with Crippen molar-refractivity contribution >= 4 is 11.5 Å². The van der Waals surface area contributed by atoms with Crippen LogP contribution in [0.5, 0.6) is 5.75 Å². The SMILES string of the molecule is COCCOC1C(=O)CC1Oc1cccc([N+](=O)[O-])c1C. The van der Waals surface area contributed by atoms with Gasteiger partial charge in [-0.05, 0) is 13.0 Å². The number of ketones is 1. The minimum atomic E-state index is -0.626. The van der Waals surface area contributed by atoms with Crippen LogP contribution < -0.4 is 4.74 Å². The van der Waals surface area contributed by atoms with E-state index in [4.69, 9.17) is 14.2 Å². The number of carbonyl (C=O) groups is 1. The van der Waals surface area contributed by atoms with Crippen molar-refractivity contribution in [2.75, 3.05) is 20.3 Å². The molecule has 1 aromatic carbocycles. The highest BCUT2D eigenvalue weighted by molar-refractivity contribution is 5.90. The van der Waals surface area contributed by atoms with Gasteiger partial charge in [-0.25, -0.2) is 0 Å². The molecule has 0 spiro atoms. The smallest absolute Gasteiger partial charge is 0.276 e. The number of nitro benzene ring substituents is 1. The molecule has 0 aliphatic heterocycles. The Kier molecular flexibility index (Phi) is 4.87. The van der Waals surface area contributed by atoms with Crippen LogP contribution in [0.4, 0.5) is 5.69 Å². The third-order valence-electron chi connectivity index (χ3n) is 3.37. The molecular formula is C14H17NO6. The number of Topliss-reactive ketones (excluding diaryl/α,β-unsaturated/α-hetero) is 1. The Morgan fingerprint density at radius 3 is 2.76 bits per heavy atom. The third kappa shape index (κ3) is 3.37. The molecule has 0 bridgehead atoms. The Balaban J connectivity index is 2.03. The first kappa shape index (κ1) is 15.4. The summed E-state index contributed by atoms with van der Waals surface area (Å²) in [6.07, 6.45) is -0.784. The van der Waals surface area contributed by atoms with E-state index >= 15 is 0 Å². The fourth-order valence-electron chi connectivity index (χ4n) is 2.12. The Hall–Kier alpha value is -1.99. The summed E-state index contributed by atoms with van der Waals surface area (Å²) < 4.78 is 16.0. The van der Waals surface area contributed by atoms with Gasteiger partial charge in [0, 0.05) is 19.6 Å². The summed E-state index contributed by atoms with van der Waals surface area (Å²) in [5.74, 6) is 0.376. The van der Waals surface area contributed by atoms with Crippen molar-refractivity contribution in [1.82, 2.24) is 0 Å². The molecule has 1 fully saturated rings. The number of nitro groups is 1. The molecule has 1 saturated carbocycles. The van der Waals surface area contributed by atoms with Crippen molar-refractivity contribution < 1.29 is 23.9 Å². The molecule has 1 aliphatic rings. The van der Waals surface area contributed by atoms with E-state index in [-0.39, 0.29) is 17.9 Å². The summed E-state index contributed by atoms with van der Waals surface area (Å²) in [7, 11) is 1.55. The summed E-state index contributed by atoms with van der Waals surface area (Å²) in [6, 6.07) is 4.62. The van der Waals surface area contributed by atoms with Crippen LogP contribution in [-0.2, 0) is 14.3 Å². The predicted molar refractivity (Wildman–Crippen MR) is 73.5 cm³/mol. The number of carbonyl (C=O) groups excluding carboxylic acids is 1. The number of rotatable bonds is 7. The first-order chi connectivity index (χ1) is 10.0. The van der Waals surface area contributed by atoms with E-state index in [2.05, 4.69) is 0 Å². The quantitative estimate of drug-likeness (QED) is 0.432. The van der Waals surface area contributed by atoms with E-state index in [0.29, 0.717) is 24.5 Å². The van der Waals surface area contributed by atoms with Gasteiger partial charge in [0.2, 0.25) is 0 Å². The van der Waals surface area contributed by atoms with Gasteiger partial charge in [0.25, 0.3) is 5.69 Å². The average Bonchev–Trinajstić information content (AvgIpc) is 2.44. The maximum atomic E-state index is 11.5. The molecule has 0 aromatic heterocycles. The van der Waals surface area contributed by atoms with Gasteiger partial charge >= 0.3 is 0 Å². The molecule has 7 heteroatoms. The van der Waals surface area contributed by atoms with Gasteiger partial charge < -0.3 is 14.2 Å². The van der Waals surface area contributed by atoms with Crippen molar-refractivity contribution in [3.05, 3.63) is 33.9 Å². The molecule has 2 unspecified atom stereocenters. The molecule has 0 saturated heterocycles. The largest absolute Gasteiger partial charge is 0.486 e. The van der Waals surface area contributed by atoms with Crippen LogP contribution in [0.2, 0.25) is 0 Å². The van der Waals surface area contributed by atoms with Crippen molar-refractivity contribution in [2.24, 2.45) is 0 Å². The van der Waals surface area contributed by atoms with Crippen LogP contribution in [0, 0.1) is 17.0 Å². The molecule has 0 radical (unpaired) electrons. The monoisotopic (exact) mass is 295 g/mol. The molecule has 7 nitrogen and oxygen atoms in total. The van der Waals surface area contributed by atoms with Crippen molar-refractivity contribution in [3.63, 3.8) is 0 Å². The maximum absolute atomic E-state index is 11.5. The molecule has 2 atom stereocenters. The van der Waals surface area contributed by atoms with Crippen molar-refractivity contribution in [1.29, 1.82) is 0 Å². The molecule has 1 aliphatic carbocycles. The number of benzene rings is 1. The van der Waals surface area contributed by atoms with E-state index < -0.39 is 17.1 Å². The number of hydrogen-bond donors (Lipinski definition) is 0. The highest BCUT2D eigenvalue weighted by atomic mass is 16.6. The van der Waals surface area contributed by atoms with Crippen LogP contribution in [0.25, 0.3) is 0 Å². The fourth-order valence-corrected chi connectivity index (χ4v) is 2.12. The maximum Gasteiger partial charge on any atom is 0.276 e. The van der Waals surface area contributed by atoms with Gasteiger partial charge in [-0.3, -0.25) is 14.9 Å². The summed E-state index contributed by atoms with van der Waals surface area (Å²) in [6.45, 7) is 2.32. The predicted octanol–water partition coefficient (Wildman–Crippen LogP) is 1.66. The Morgan fingerprint density at radius 2 is 2.14 bits per heavy atom. The molecule has 114 valence electrons. The molecule has 0 N–H and O–H groups in total. The summed E-state index contributed by atoms with van der Waals surface area (Å²) in [5, 5.41) is 10.9. The molecule has 0 amide bonds. The topological polar surface area (TPSA) is 87.9 Å². The zero-order valence-electron chi connectivity index (χ0n) is 11.9. The lowest BCUT2D eigenvalue weighted by atomic mass is 9.90. The molecular weight excluding hydrogens is 278 g/mol. The van der Waals surface area contributed by atoms with E-state index in [1.54, 1.807) is 26.2 Å². The van der Waals surface area contributed by atoms with Crippen LogP contribution in [0.3, 0.4) is 0 Å². The molecule has 0 heterocycles. The number of methoxy groups -OCH3 is 1. The standard InChI is InChI=1S/C14H17NO6/c1-9-10(15(17)18)4-3-5-12(9)21-13-8-11(16)14(13)20-7-6-19-2/h3-5,13-14H,6-8H2,1-2H3. The second-order valence-electron chi connectivity index (χ2n) is 4.77.